The summed E-state index contributed by atoms with van der Waals surface area (Å²) >= 11 is 0. The van der Waals surface area contributed by atoms with Crippen molar-refractivity contribution in [3.63, 3.8) is 0 Å². The molecular weight excluding hydrogens is 224 g/mol. The molecule has 0 spiro atoms. The van der Waals surface area contributed by atoms with Gasteiger partial charge in [-0.2, -0.15) is 0 Å². The maximum Gasteiger partial charge on any atom is 0.0728 e. The van der Waals surface area contributed by atoms with Gasteiger partial charge in [-0.1, -0.05) is 6.92 Å². The van der Waals surface area contributed by atoms with Crippen molar-refractivity contribution in [1.29, 1.82) is 0 Å². The van der Waals surface area contributed by atoms with Crippen molar-refractivity contribution in [2.24, 2.45) is 0 Å². The zero-order valence-electron chi connectivity index (χ0n) is 11.9. The van der Waals surface area contributed by atoms with E-state index in [-0.39, 0.29) is 0 Å². The van der Waals surface area contributed by atoms with E-state index in [9.17, 15) is 0 Å². The summed E-state index contributed by atoms with van der Waals surface area (Å²) in [6.45, 7) is 6.72. The summed E-state index contributed by atoms with van der Waals surface area (Å²) < 4.78 is 5.91. The minimum Gasteiger partial charge on any atom is -0.377 e. The Bertz CT molecular complexity index is 264. The van der Waals surface area contributed by atoms with Crippen LogP contribution >= 0.6 is 0 Å². The van der Waals surface area contributed by atoms with Gasteiger partial charge >= 0.3 is 0 Å². The highest BCUT2D eigenvalue weighted by atomic mass is 16.5. The summed E-state index contributed by atoms with van der Waals surface area (Å²) in [6, 6.07) is 3.02. The van der Waals surface area contributed by atoms with Crippen LogP contribution in [0.3, 0.4) is 0 Å². The van der Waals surface area contributed by atoms with Gasteiger partial charge in [-0.05, 0) is 52.0 Å². The molecule has 3 nitrogen and oxygen atoms in total. The summed E-state index contributed by atoms with van der Waals surface area (Å²) in [5.41, 5.74) is 0. The largest absolute Gasteiger partial charge is 0.377 e. The van der Waals surface area contributed by atoms with Gasteiger partial charge in [0.05, 0.1) is 6.10 Å². The van der Waals surface area contributed by atoms with Crippen LogP contribution in [0.5, 0.6) is 0 Å². The third-order valence-corrected chi connectivity index (χ3v) is 5.26. The molecule has 0 amide bonds. The Morgan fingerprint density at radius 2 is 1.94 bits per heavy atom. The van der Waals surface area contributed by atoms with Crippen molar-refractivity contribution in [2.75, 3.05) is 13.2 Å². The first kappa shape index (κ1) is 12.9. The molecule has 3 heteroatoms. The van der Waals surface area contributed by atoms with E-state index in [0.717, 1.165) is 31.3 Å². The Hall–Kier alpha value is -0.120. The third-order valence-electron chi connectivity index (χ3n) is 5.26. The third kappa shape index (κ3) is 2.33. The summed E-state index contributed by atoms with van der Waals surface area (Å²) in [6.07, 6.45) is 8.55. The van der Waals surface area contributed by atoms with Crippen molar-refractivity contribution < 1.29 is 4.74 Å². The zero-order valence-corrected chi connectivity index (χ0v) is 11.9. The van der Waals surface area contributed by atoms with Gasteiger partial charge < -0.3 is 10.1 Å². The molecule has 3 rings (SSSR count). The molecule has 0 aromatic carbocycles. The smallest absolute Gasteiger partial charge is 0.0728 e. The highest BCUT2D eigenvalue weighted by molar-refractivity contribution is 5.00. The molecule has 3 heterocycles. The zero-order chi connectivity index (χ0) is 12.5. The molecule has 2 bridgehead atoms. The lowest BCUT2D eigenvalue weighted by Crippen LogP contribution is -2.55. The molecule has 3 aliphatic rings. The number of ether oxygens (including phenoxy) is 1. The molecule has 1 N–H and O–H groups in total. The molecule has 3 fully saturated rings. The lowest BCUT2D eigenvalue weighted by molar-refractivity contribution is -0.00995. The minimum absolute atomic E-state index is 0.504. The topological polar surface area (TPSA) is 24.5 Å². The molecule has 104 valence electrons. The lowest BCUT2D eigenvalue weighted by atomic mass is 9.94. The van der Waals surface area contributed by atoms with Crippen molar-refractivity contribution >= 4 is 0 Å². The van der Waals surface area contributed by atoms with Crippen LogP contribution in [-0.4, -0.2) is 48.3 Å². The fourth-order valence-electron chi connectivity index (χ4n) is 4.51. The standard InChI is InChI=1S/C15H28N2O/c1-3-16-12-9-13-6-7-14(10-12)17(13)11(2)15-5-4-8-18-15/h11-16H,3-10H2,1-2H3. The Labute approximate surface area is 111 Å². The van der Waals surface area contributed by atoms with Gasteiger partial charge in [0.25, 0.3) is 0 Å². The van der Waals surface area contributed by atoms with Crippen molar-refractivity contribution in [2.45, 2.75) is 82.6 Å². The predicted molar refractivity (Wildman–Crippen MR) is 73.8 cm³/mol. The SMILES string of the molecule is CCNC1CC2CCC(C1)N2C(C)C1CCCO1. The second kappa shape index (κ2) is 5.48. The molecule has 4 atom stereocenters. The Morgan fingerprint density at radius 3 is 2.50 bits per heavy atom. The monoisotopic (exact) mass is 252 g/mol. The van der Waals surface area contributed by atoms with E-state index in [0.29, 0.717) is 12.1 Å². The van der Waals surface area contributed by atoms with Crippen LogP contribution in [-0.2, 0) is 4.74 Å². The highest BCUT2D eigenvalue weighted by Crippen LogP contribution is 2.39. The molecule has 18 heavy (non-hydrogen) atoms. The number of hydrogen-bond acceptors (Lipinski definition) is 3. The fraction of sp³-hybridized carbons (Fsp3) is 1.00. The van der Waals surface area contributed by atoms with E-state index >= 15 is 0 Å². The normalized spacial score (nSPS) is 42.3. The second-order valence-corrected chi connectivity index (χ2v) is 6.35. The minimum atomic E-state index is 0.504. The highest BCUT2D eigenvalue weighted by Gasteiger charge is 2.44. The van der Waals surface area contributed by atoms with Gasteiger partial charge in [0.1, 0.15) is 0 Å². The van der Waals surface area contributed by atoms with E-state index < -0.39 is 0 Å². The summed E-state index contributed by atoms with van der Waals surface area (Å²) in [4.78, 5) is 2.81. The van der Waals surface area contributed by atoms with E-state index in [1.54, 1.807) is 0 Å². The van der Waals surface area contributed by atoms with Gasteiger partial charge in [-0.15, -0.1) is 0 Å². The van der Waals surface area contributed by atoms with E-state index in [1.807, 2.05) is 0 Å². The van der Waals surface area contributed by atoms with Crippen molar-refractivity contribution in [1.82, 2.24) is 10.2 Å². The van der Waals surface area contributed by atoms with Crippen LogP contribution < -0.4 is 5.32 Å². The van der Waals surface area contributed by atoms with Crippen LogP contribution in [0.1, 0.15) is 52.4 Å². The Balaban J connectivity index is 1.64. The first-order chi connectivity index (χ1) is 8.79. The maximum absolute atomic E-state index is 5.91. The molecule has 0 aliphatic carbocycles. The molecule has 3 saturated heterocycles. The Kier molecular flexibility index (Phi) is 3.92. The van der Waals surface area contributed by atoms with Crippen molar-refractivity contribution in [3.8, 4) is 0 Å². The first-order valence-electron chi connectivity index (χ1n) is 7.92. The second-order valence-electron chi connectivity index (χ2n) is 6.35. The summed E-state index contributed by atoms with van der Waals surface area (Å²) in [5.74, 6) is 0. The van der Waals surface area contributed by atoms with Crippen molar-refractivity contribution in [3.05, 3.63) is 0 Å². The molecule has 0 radical (unpaired) electrons. The summed E-state index contributed by atoms with van der Waals surface area (Å²) in [5, 5.41) is 3.66. The number of piperidine rings is 1. The van der Waals surface area contributed by atoms with Gasteiger partial charge in [0.2, 0.25) is 0 Å². The number of nitrogens with zero attached hydrogens (tertiary/aromatic N) is 1. The van der Waals surface area contributed by atoms with Crippen LogP contribution in [0.15, 0.2) is 0 Å². The number of hydrogen-bond donors (Lipinski definition) is 1. The average Bonchev–Trinajstić information content (AvgIpc) is 2.97. The predicted octanol–water partition coefficient (Wildman–Crippen LogP) is 2.16. The van der Waals surface area contributed by atoms with Crippen LogP contribution in [0.4, 0.5) is 0 Å². The average molecular weight is 252 g/mol. The quantitative estimate of drug-likeness (QED) is 0.830. The van der Waals surface area contributed by atoms with Crippen LogP contribution in [0, 0.1) is 0 Å². The number of fused-ring (bicyclic) bond motifs is 2. The van der Waals surface area contributed by atoms with Crippen LogP contribution in [0.25, 0.3) is 0 Å². The molecule has 3 aliphatic heterocycles. The Morgan fingerprint density at radius 1 is 1.22 bits per heavy atom. The molecule has 0 aromatic heterocycles. The van der Waals surface area contributed by atoms with Gasteiger partial charge in [-0.3, -0.25) is 4.90 Å². The van der Waals surface area contributed by atoms with Gasteiger partial charge in [-0.25, -0.2) is 0 Å². The first-order valence-corrected chi connectivity index (χ1v) is 7.92. The molecular formula is C15H28N2O. The molecule has 0 aromatic rings. The molecule has 4 unspecified atom stereocenters. The number of nitrogens with one attached hydrogen (secondary N) is 1. The molecule has 0 saturated carbocycles. The van der Waals surface area contributed by atoms with Gasteiger partial charge in [0.15, 0.2) is 0 Å². The number of rotatable bonds is 4. The van der Waals surface area contributed by atoms with Crippen LogP contribution in [0.2, 0.25) is 0 Å². The summed E-state index contributed by atoms with van der Waals surface area (Å²) in [7, 11) is 0. The van der Waals surface area contributed by atoms with E-state index in [4.69, 9.17) is 4.74 Å². The van der Waals surface area contributed by atoms with Gasteiger partial charge in [0, 0.05) is 30.8 Å². The van der Waals surface area contributed by atoms with E-state index in [1.165, 1.54) is 38.5 Å². The van der Waals surface area contributed by atoms with E-state index in [2.05, 4.69) is 24.1 Å². The maximum atomic E-state index is 5.91. The lowest BCUT2D eigenvalue weighted by Gasteiger charge is -2.44. The fourth-order valence-corrected chi connectivity index (χ4v) is 4.51.